The SMILES string of the molecule is CC/C=C\C/C=C\C/C=C\C/C=C\C/C=C\C/C=C\CCC(=O)OC(COC(=O)CCCCCCC/C=C\C/C=C\C/C=C\CC)COP(=O)(O)OCC(N)C(=O)O. The summed E-state index contributed by atoms with van der Waals surface area (Å²) in [5, 5.41) is 8.88. The first kappa shape index (κ1) is 54.1. The van der Waals surface area contributed by atoms with E-state index in [2.05, 4.69) is 110 Å². The Labute approximate surface area is 348 Å². The van der Waals surface area contributed by atoms with Gasteiger partial charge in [0, 0.05) is 12.8 Å². The van der Waals surface area contributed by atoms with Gasteiger partial charge in [0.25, 0.3) is 0 Å². The van der Waals surface area contributed by atoms with Crippen LogP contribution in [0.3, 0.4) is 0 Å². The number of hydrogen-bond donors (Lipinski definition) is 3. The van der Waals surface area contributed by atoms with Gasteiger partial charge in [-0.25, -0.2) is 4.57 Å². The van der Waals surface area contributed by atoms with Crippen LogP contribution in [0.5, 0.6) is 0 Å². The molecule has 12 heteroatoms. The molecule has 0 aromatic carbocycles. The van der Waals surface area contributed by atoms with E-state index in [4.69, 9.17) is 24.8 Å². The van der Waals surface area contributed by atoms with Crippen LogP contribution in [0, 0.1) is 0 Å². The van der Waals surface area contributed by atoms with Crippen molar-refractivity contribution in [2.45, 2.75) is 142 Å². The number of unbranched alkanes of at least 4 members (excludes halogenated alkanes) is 5. The molecule has 0 aromatic heterocycles. The second kappa shape index (κ2) is 39.9. The first-order valence-corrected chi connectivity index (χ1v) is 22.4. The zero-order valence-corrected chi connectivity index (χ0v) is 36.0. The highest BCUT2D eigenvalue weighted by Gasteiger charge is 2.28. The third kappa shape index (κ3) is 39.0. The second-order valence-corrected chi connectivity index (χ2v) is 14.8. The van der Waals surface area contributed by atoms with Crippen LogP contribution in [0.2, 0.25) is 0 Å². The van der Waals surface area contributed by atoms with Crippen molar-refractivity contribution in [2.24, 2.45) is 5.73 Å². The number of nitrogens with two attached hydrogens (primary N) is 1. The number of phosphoric ester groups is 1. The van der Waals surface area contributed by atoms with E-state index < -0.39 is 57.7 Å². The molecule has 0 spiro atoms. The van der Waals surface area contributed by atoms with E-state index >= 15 is 0 Å². The van der Waals surface area contributed by atoms with E-state index in [1.54, 1.807) is 0 Å². The lowest BCUT2D eigenvalue weighted by molar-refractivity contribution is -0.161. The summed E-state index contributed by atoms with van der Waals surface area (Å²) in [5.74, 6) is -2.53. The number of aliphatic carboxylic acids is 1. The first-order valence-electron chi connectivity index (χ1n) is 20.9. The molecule has 0 aliphatic carbocycles. The van der Waals surface area contributed by atoms with Crippen LogP contribution in [0.1, 0.15) is 129 Å². The van der Waals surface area contributed by atoms with Crippen molar-refractivity contribution in [2.75, 3.05) is 19.8 Å². The lowest BCUT2D eigenvalue weighted by Crippen LogP contribution is -2.34. The summed E-state index contributed by atoms with van der Waals surface area (Å²) in [4.78, 5) is 45.9. The Morgan fingerprint density at radius 1 is 0.534 bits per heavy atom. The molecule has 0 saturated carbocycles. The van der Waals surface area contributed by atoms with Gasteiger partial charge in [-0.2, -0.15) is 0 Å². The molecule has 0 saturated heterocycles. The molecule has 0 amide bonds. The predicted molar refractivity (Wildman–Crippen MR) is 235 cm³/mol. The van der Waals surface area contributed by atoms with Gasteiger partial charge in [0.2, 0.25) is 0 Å². The molecule has 0 fully saturated rings. The summed E-state index contributed by atoms with van der Waals surface area (Å²) in [6.45, 7) is 2.45. The Hall–Kier alpha value is -3.86. The summed E-state index contributed by atoms with van der Waals surface area (Å²) >= 11 is 0. The Morgan fingerprint density at radius 3 is 1.43 bits per heavy atom. The van der Waals surface area contributed by atoms with Gasteiger partial charge in [0.05, 0.1) is 13.2 Å². The van der Waals surface area contributed by atoms with Crippen LogP contribution < -0.4 is 5.73 Å². The molecule has 326 valence electrons. The molecule has 0 radical (unpaired) electrons. The minimum Gasteiger partial charge on any atom is -0.480 e. The number of rotatable bonds is 37. The third-order valence-corrected chi connectivity index (χ3v) is 8.98. The number of allylic oxidation sites excluding steroid dienone is 18. The summed E-state index contributed by atoms with van der Waals surface area (Å²) < 4.78 is 32.6. The van der Waals surface area contributed by atoms with Crippen molar-refractivity contribution in [1.29, 1.82) is 0 Å². The van der Waals surface area contributed by atoms with Crippen molar-refractivity contribution >= 4 is 25.7 Å². The van der Waals surface area contributed by atoms with Crippen LogP contribution in [-0.2, 0) is 37.5 Å². The van der Waals surface area contributed by atoms with E-state index in [0.717, 1.165) is 83.5 Å². The summed E-state index contributed by atoms with van der Waals surface area (Å²) in [5.41, 5.74) is 5.32. The Bertz CT molecular complexity index is 1390. The number of phosphoric acid groups is 1. The fourth-order valence-corrected chi connectivity index (χ4v) is 5.59. The smallest absolute Gasteiger partial charge is 0.472 e. The number of ether oxygens (including phenoxy) is 2. The molecule has 3 unspecified atom stereocenters. The predicted octanol–water partition coefficient (Wildman–Crippen LogP) is 11.1. The van der Waals surface area contributed by atoms with Crippen molar-refractivity contribution in [3.8, 4) is 0 Å². The molecule has 0 aliphatic heterocycles. The van der Waals surface area contributed by atoms with Crippen molar-refractivity contribution in [3.63, 3.8) is 0 Å². The van der Waals surface area contributed by atoms with Gasteiger partial charge in [-0.05, 0) is 83.5 Å². The Balaban J connectivity index is 4.57. The average Bonchev–Trinajstić information content (AvgIpc) is 3.20. The standard InChI is InChI=1S/C46H72NO10P/c1-3-5-7-9-11-13-15-17-19-20-21-22-24-26-28-30-32-34-36-38-45(49)57-42(40-55-58(52,53)56-41-43(47)46(50)51)39-54-44(48)37-35-33-31-29-27-25-23-18-16-14-12-10-8-6-4-2/h5-8,11-14,17-19,21-23,26,28,32,34,42-43H,3-4,9-10,15-16,20,24-25,27,29-31,33,35-41,47H2,1-2H3,(H,50,51)(H,52,53)/b7-5-,8-6-,13-11-,14-12-,19-17-,22-21-,23-18-,28-26-,34-32-. The molecule has 0 aromatic rings. The third-order valence-electron chi connectivity index (χ3n) is 8.03. The van der Waals surface area contributed by atoms with Crippen LogP contribution >= 0.6 is 7.82 Å². The van der Waals surface area contributed by atoms with E-state index in [9.17, 15) is 23.8 Å². The molecular weight excluding hydrogens is 757 g/mol. The van der Waals surface area contributed by atoms with Crippen molar-refractivity contribution in [1.82, 2.24) is 0 Å². The number of carbonyl (C=O) groups is 3. The molecule has 58 heavy (non-hydrogen) atoms. The molecule has 0 heterocycles. The summed E-state index contributed by atoms with van der Waals surface area (Å²) in [6.07, 6.45) is 51.7. The highest BCUT2D eigenvalue weighted by molar-refractivity contribution is 7.47. The van der Waals surface area contributed by atoms with Gasteiger partial charge >= 0.3 is 25.7 Å². The number of esters is 2. The monoisotopic (exact) mass is 829 g/mol. The molecule has 11 nitrogen and oxygen atoms in total. The van der Waals surface area contributed by atoms with Gasteiger partial charge in [0.15, 0.2) is 6.10 Å². The van der Waals surface area contributed by atoms with E-state index in [-0.39, 0.29) is 12.8 Å². The highest BCUT2D eigenvalue weighted by Crippen LogP contribution is 2.43. The quantitative estimate of drug-likeness (QED) is 0.0235. The number of carbonyl (C=O) groups excluding carboxylic acids is 2. The summed E-state index contributed by atoms with van der Waals surface area (Å²) in [6, 6.07) is -1.54. The Morgan fingerprint density at radius 2 is 0.948 bits per heavy atom. The fraction of sp³-hybridized carbons (Fsp3) is 0.543. The topological polar surface area (TPSA) is 172 Å². The van der Waals surface area contributed by atoms with Crippen LogP contribution in [0.25, 0.3) is 0 Å². The highest BCUT2D eigenvalue weighted by atomic mass is 31.2. The zero-order chi connectivity index (χ0) is 42.8. The normalized spacial score (nSPS) is 14.8. The lowest BCUT2D eigenvalue weighted by atomic mass is 10.1. The van der Waals surface area contributed by atoms with Gasteiger partial charge in [-0.15, -0.1) is 0 Å². The molecule has 3 atom stereocenters. The van der Waals surface area contributed by atoms with Gasteiger partial charge in [-0.3, -0.25) is 23.4 Å². The lowest BCUT2D eigenvalue weighted by Gasteiger charge is -2.20. The molecule has 0 rings (SSSR count). The van der Waals surface area contributed by atoms with E-state index in [0.29, 0.717) is 19.3 Å². The molecule has 0 aliphatic rings. The van der Waals surface area contributed by atoms with Crippen LogP contribution in [0.15, 0.2) is 109 Å². The molecule has 4 N–H and O–H groups in total. The summed E-state index contributed by atoms with van der Waals surface area (Å²) in [7, 11) is -4.75. The minimum absolute atomic E-state index is 0.0249. The Kier molecular flexibility index (Phi) is 37.3. The van der Waals surface area contributed by atoms with Gasteiger partial charge < -0.3 is 25.2 Å². The van der Waals surface area contributed by atoms with Crippen LogP contribution in [0.4, 0.5) is 0 Å². The van der Waals surface area contributed by atoms with Crippen LogP contribution in [-0.4, -0.2) is 59.9 Å². The average molecular weight is 830 g/mol. The second-order valence-electron chi connectivity index (χ2n) is 13.4. The fourth-order valence-electron chi connectivity index (χ4n) is 4.81. The molecule has 0 bridgehead atoms. The first-order chi connectivity index (χ1) is 28.1. The minimum atomic E-state index is -4.75. The number of carboxylic acids is 1. The zero-order valence-electron chi connectivity index (χ0n) is 35.1. The number of carboxylic acid groups (broad SMARTS) is 1. The maximum absolute atomic E-state index is 12.6. The van der Waals surface area contributed by atoms with Crippen molar-refractivity contribution in [3.05, 3.63) is 109 Å². The van der Waals surface area contributed by atoms with E-state index in [1.165, 1.54) is 0 Å². The van der Waals surface area contributed by atoms with Crippen molar-refractivity contribution < 1.29 is 47.5 Å². The maximum atomic E-state index is 12.6. The largest absolute Gasteiger partial charge is 0.480 e. The van der Waals surface area contributed by atoms with E-state index in [1.807, 2.05) is 18.2 Å². The van der Waals surface area contributed by atoms with Gasteiger partial charge in [0.1, 0.15) is 12.6 Å². The van der Waals surface area contributed by atoms with Gasteiger partial charge in [-0.1, -0.05) is 142 Å². The maximum Gasteiger partial charge on any atom is 0.472 e. The number of hydrogen-bond acceptors (Lipinski definition) is 9. The molecular formula is C46H72NO10P.